The van der Waals surface area contributed by atoms with Crippen molar-refractivity contribution in [3.63, 3.8) is 0 Å². The summed E-state index contributed by atoms with van der Waals surface area (Å²) in [7, 11) is -9.01. The first-order chi connectivity index (χ1) is 7.51. The number of hydrogen-bond donors (Lipinski definition) is 1. The van der Waals surface area contributed by atoms with E-state index in [-0.39, 0.29) is 0 Å². The van der Waals surface area contributed by atoms with E-state index >= 15 is 0 Å². The zero-order valence-electron chi connectivity index (χ0n) is 8.41. The minimum absolute atomic E-state index is 0.548. The van der Waals surface area contributed by atoms with Crippen LogP contribution in [0.2, 0.25) is 0 Å². The number of rotatable bonds is 3. The smallest absolute Gasteiger partial charge is 0.335 e. The van der Waals surface area contributed by atoms with E-state index in [1.54, 1.807) is 0 Å². The second-order valence-corrected chi connectivity index (χ2v) is 6.57. The van der Waals surface area contributed by atoms with Crippen molar-refractivity contribution in [2.24, 2.45) is 0 Å². The van der Waals surface area contributed by atoms with Crippen molar-refractivity contribution in [3.8, 4) is 0 Å². The van der Waals surface area contributed by atoms with Crippen LogP contribution in [0.5, 0.6) is 0 Å². The number of hydrogen-bond acceptors (Lipinski definition) is 5. The van der Waals surface area contributed by atoms with Crippen molar-refractivity contribution in [2.75, 3.05) is 6.26 Å². The number of sulfone groups is 1. The summed E-state index contributed by atoms with van der Waals surface area (Å²) in [6, 6.07) is 1.87. The molecule has 1 rings (SSSR count). The molecule has 0 unspecified atom stereocenters. The molecule has 0 radical (unpaired) electrons. The fraction of sp³-hybridized carbons (Fsp3) is 0.125. The van der Waals surface area contributed by atoms with Crippen molar-refractivity contribution in [1.29, 1.82) is 0 Å². The number of benzene rings is 1. The molecule has 6 nitrogen and oxygen atoms in total. The summed E-state index contributed by atoms with van der Waals surface area (Å²) >= 11 is 0. The fourth-order valence-electron chi connectivity index (χ4n) is 1.05. The Morgan fingerprint density at radius 3 is 1.94 bits per heavy atom. The van der Waals surface area contributed by atoms with Crippen LogP contribution < -0.4 is 0 Å². The summed E-state index contributed by atoms with van der Waals surface area (Å²) in [6.45, 7) is 0. The van der Waals surface area contributed by atoms with Crippen LogP contribution in [0.4, 0.5) is 3.89 Å². The molecule has 1 aromatic carbocycles. The minimum Gasteiger partial charge on any atom is -0.478 e. The maximum atomic E-state index is 12.7. The zero-order chi connectivity index (χ0) is 13.4. The standard InChI is InChI=1S/C8H7FO6S2/c1-16(12,13)6-2-5(8(10)11)3-7(4-6)17(9,14)15/h2-4H,1H3,(H,10,11). The van der Waals surface area contributed by atoms with E-state index in [0.29, 0.717) is 12.1 Å². The Morgan fingerprint density at radius 1 is 1.12 bits per heavy atom. The number of aromatic carboxylic acids is 1. The molecule has 0 bridgehead atoms. The van der Waals surface area contributed by atoms with Crippen LogP contribution in [0, 0.1) is 0 Å². The van der Waals surface area contributed by atoms with Crippen molar-refractivity contribution < 1.29 is 30.6 Å². The largest absolute Gasteiger partial charge is 0.478 e. The topological polar surface area (TPSA) is 106 Å². The number of carboxylic acid groups (broad SMARTS) is 1. The van der Waals surface area contributed by atoms with Crippen molar-refractivity contribution in [1.82, 2.24) is 0 Å². The van der Waals surface area contributed by atoms with Gasteiger partial charge in [0.2, 0.25) is 0 Å². The van der Waals surface area contributed by atoms with Gasteiger partial charge in [-0.2, -0.15) is 8.42 Å². The summed E-state index contributed by atoms with van der Waals surface area (Å²) in [5.74, 6) is -1.56. The average Bonchev–Trinajstić information content (AvgIpc) is 2.14. The molecule has 1 N–H and O–H groups in total. The van der Waals surface area contributed by atoms with Crippen LogP contribution in [-0.4, -0.2) is 34.2 Å². The van der Waals surface area contributed by atoms with E-state index in [1.165, 1.54) is 0 Å². The van der Waals surface area contributed by atoms with Gasteiger partial charge in [-0.15, -0.1) is 3.89 Å². The third kappa shape index (κ3) is 3.24. The zero-order valence-corrected chi connectivity index (χ0v) is 10.0. The van der Waals surface area contributed by atoms with Gasteiger partial charge in [-0.3, -0.25) is 0 Å². The number of carbonyl (C=O) groups is 1. The molecule has 0 fully saturated rings. The Labute approximate surface area is 96.8 Å². The minimum atomic E-state index is -5.17. The Bertz CT molecular complexity index is 624. The quantitative estimate of drug-likeness (QED) is 0.807. The van der Waals surface area contributed by atoms with Gasteiger partial charge >= 0.3 is 16.2 Å². The number of halogens is 1. The predicted molar refractivity (Wildman–Crippen MR) is 54.8 cm³/mol. The van der Waals surface area contributed by atoms with Crippen molar-refractivity contribution in [3.05, 3.63) is 23.8 Å². The summed E-state index contributed by atoms with van der Waals surface area (Å²) in [4.78, 5) is 9.07. The molecule has 0 aliphatic carbocycles. The molecule has 0 amide bonds. The van der Waals surface area contributed by atoms with E-state index in [4.69, 9.17) is 5.11 Å². The summed E-state index contributed by atoms with van der Waals surface area (Å²) in [6.07, 6.45) is 0.753. The summed E-state index contributed by atoms with van der Waals surface area (Å²) < 4.78 is 56.3. The van der Waals surface area contributed by atoms with Gasteiger partial charge in [-0.25, -0.2) is 13.2 Å². The van der Waals surface area contributed by atoms with Gasteiger partial charge in [-0.1, -0.05) is 0 Å². The van der Waals surface area contributed by atoms with Crippen LogP contribution in [-0.2, 0) is 20.1 Å². The molecule has 0 spiro atoms. The highest BCUT2D eigenvalue weighted by atomic mass is 32.3. The predicted octanol–water partition coefficient (Wildman–Crippen LogP) is 0.447. The third-order valence-electron chi connectivity index (χ3n) is 1.84. The van der Waals surface area contributed by atoms with Gasteiger partial charge < -0.3 is 5.11 Å². The van der Waals surface area contributed by atoms with Crippen LogP contribution >= 0.6 is 0 Å². The summed E-state index contributed by atoms with van der Waals surface area (Å²) in [5, 5.41) is 8.65. The molecule has 0 atom stereocenters. The normalized spacial score (nSPS) is 12.4. The lowest BCUT2D eigenvalue weighted by atomic mass is 10.2. The van der Waals surface area contributed by atoms with Crippen molar-refractivity contribution >= 4 is 26.0 Å². The average molecular weight is 282 g/mol. The van der Waals surface area contributed by atoms with E-state index in [0.717, 1.165) is 12.3 Å². The molecule has 1 aromatic rings. The monoisotopic (exact) mass is 282 g/mol. The molecule has 0 saturated heterocycles. The van der Waals surface area contributed by atoms with E-state index in [1.807, 2.05) is 0 Å². The molecular weight excluding hydrogens is 275 g/mol. The Hall–Kier alpha value is -1.48. The summed E-state index contributed by atoms with van der Waals surface area (Å²) in [5.41, 5.74) is -0.621. The second-order valence-electron chi connectivity index (χ2n) is 3.21. The molecule has 0 aliphatic heterocycles. The lowest BCUT2D eigenvalue weighted by Crippen LogP contribution is -2.05. The fourth-order valence-corrected chi connectivity index (χ4v) is 2.34. The van der Waals surface area contributed by atoms with E-state index < -0.39 is 41.4 Å². The first-order valence-corrected chi connectivity index (χ1v) is 7.32. The maximum absolute atomic E-state index is 12.7. The van der Waals surface area contributed by atoms with Gasteiger partial charge in [0.1, 0.15) is 4.90 Å². The van der Waals surface area contributed by atoms with Crippen LogP contribution in [0.1, 0.15) is 10.4 Å². The SMILES string of the molecule is CS(=O)(=O)c1cc(C(=O)O)cc(S(=O)(=O)F)c1. The Morgan fingerprint density at radius 2 is 1.59 bits per heavy atom. The van der Waals surface area contributed by atoms with Gasteiger partial charge in [-0.05, 0) is 18.2 Å². The lowest BCUT2D eigenvalue weighted by Gasteiger charge is -2.03. The van der Waals surface area contributed by atoms with Crippen LogP contribution in [0.3, 0.4) is 0 Å². The molecule has 0 heterocycles. The molecule has 94 valence electrons. The highest BCUT2D eigenvalue weighted by Gasteiger charge is 2.20. The van der Waals surface area contributed by atoms with Gasteiger partial charge in [0.05, 0.1) is 10.5 Å². The van der Waals surface area contributed by atoms with Gasteiger partial charge in [0, 0.05) is 6.26 Å². The Balaban J connectivity index is 3.68. The highest BCUT2D eigenvalue weighted by molar-refractivity contribution is 7.90. The number of carboxylic acids is 1. The van der Waals surface area contributed by atoms with E-state index in [9.17, 15) is 25.5 Å². The molecule has 9 heteroatoms. The maximum Gasteiger partial charge on any atom is 0.335 e. The molecule has 17 heavy (non-hydrogen) atoms. The van der Waals surface area contributed by atoms with Crippen LogP contribution in [0.25, 0.3) is 0 Å². The first-order valence-electron chi connectivity index (χ1n) is 4.05. The molecule has 0 aliphatic rings. The third-order valence-corrected chi connectivity index (χ3v) is 3.73. The highest BCUT2D eigenvalue weighted by Crippen LogP contribution is 2.20. The molecule has 0 saturated carbocycles. The molecule has 0 aromatic heterocycles. The van der Waals surface area contributed by atoms with Crippen molar-refractivity contribution in [2.45, 2.75) is 9.79 Å². The lowest BCUT2D eigenvalue weighted by molar-refractivity contribution is 0.0696. The molecular formula is C8H7FO6S2. The van der Waals surface area contributed by atoms with Gasteiger partial charge in [0.25, 0.3) is 0 Å². The van der Waals surface area contributed by atoms with Gasteiger partial charge in [0.15, 0.2) is 9.84 Å². The van der Waals surface area contributed by atoms with E-state index in [2.05, 4.69) is 0 Å². The van der Waals surface area contributed by atoms with Crippen LogP contribution in [0.15, 0.2) is 28.0 Å². The first kappa shape index (κ1) is 13.6. The Kier molecular flexibility index (Phi) is 3.26. The second kappa shape index (κ2) is 4.08.